The smallest absolute Gasteiger partial charge is 0.274 e. The molecule has 0 saturated carbocycles. The standard InChI is InChI=1S/C14H17IN7OP/c1-8-17-12(20(2)3)11-13(18-8)22(24-15)10(19-11)7-21-6-4-5-9(16)14(21)23/h4-6,24H,7,16H2,1-3H3. The van der Waals surface area contributed by atoms with Crippen LogP contribution in [0.1, 0.15) is 11.6 Å². The molecule has 0 aromatic carbocycles. The van der Waals surface area contributed by atoms with E-state index in [1.165, 1.54) is 0 Å². The third-order valence-electron chi connectivity index (χ3n) is 3.54. The van der Waals surface area contributed by atoms with Crippen LogP contribution in [0.4, 0.5) is 11.5 Å². The second kappa shape index (κ2) is 6.64. The molecule has 0 saturated heterocycles. The lowest BCUT2D eigenvalue weighted by atomic mass is 10.4. The molecule has 24 heavy (non-hydrogen) atoms. The Morgan fingerprint density at radius 1 is 1.33 bits per heavy atom. The summed E-state index contributed by atoms with van der Waals surface area (Å²) < 4.78 is 3.58. The van der Waals surface area contributed by atoms with Gasteiger partial charge in [-0.3, -0.25) is 9.13 Å². The summed E-state index contributed by atoms with van der Waals surface area (Å²) in [5.41, 5.74) is 7.24. The van der Waals surface area contributed by atoms with Crippen molar-refractivity contribution in [2.24, 2.45) is 0 Å². The zero-order valence-electron chi connectivity index (χ0n) is 13.5. The lowest BCUT2D eigenvalue weighted by Gasteiger charge is -2.12. The molecule has 3 heterocycles. The molecular formula is C14H17IN7OP. The van der Waals surface area contributed by atoms with Crippen molar-refractivity contribution in [3.8, 4) is 0 Å². The number of fused-ring (bicyclic) bond motifs is 1. The van der Waals surface area contributed by atoms with Gasteiger partial charge in [0, 0.05) is 20.3 Å². The van der Waals surface area contributed by atoms with Gasteiger partial charge in [-0.05, 0) is 41.1 Å². The van der Waals surface area contributed by atoms with E-state index in [1.807, 2.05) is 30.3 Å². The van der Waals surface area contributed by atoms with Gasteiger partial charge in [0.2, 0.25) is 0 Å². The summed E-state index contributed by atoms with van der Waals surface area (Å²) in [6.45, 7) is 2.20. The van der Waals surface area contributed by atoms with Crippen molar-refractivity contribution in [2.45, 2.75) is 13.5 Å². The fourth-order valence-corrected chi connectivity index (χ4v) is 4.41. The van der Waals surface area contributed by atoms with Crippen LogP contribution >= 0.6 is 28.4 Å². The van der Waals surface area contributed by atoms with Crippen LogP contribution in [0, 0.1) is 6.92 Å². The van der Waals surface area contributed by atoms with Crippen LogP contribution < -0.4 is 16.2 Å². The van der Waals surface area contributed by atoms with Crippen LogP contribution in [0.25, 0.3) is 11.2 Å². The molecule has 0 fully saturated rings. The van der Waals surface area contributed by atoms with Crippen molar-refractivity contribution in [3.63, 3.8) is 0 Å². The summed E-state index contributed by atoms with van der Waals surface area (Å²) in [4.78, 5) is 27.8. The summed E-state index contributed by atoms with van der Waals surface area (Å²) in [7, 11) is 3.85. The summed E-state index contributed by atoms with van der Waals surface area (Å²) in [5, 5.41) is 0. The van der Waals surface area contributed by atoms with Crippen molar-refractivity contribution >= 4 is 51.1 Å². The van der Waals surface area contributed by atoms with Gasteiger partial charge >= 0.3 is 0 Å². The molecule has 1 unspecified atom stereocenters. The van der Waals surface area contributed by atoms with E-state index in [4.69, 9.17) is 10.7 Å². The number of aromatic nitrogens is 5. The largest absolute Gasteiger partial charge is 0.394 e. The number of anilines is 2. The van der Waals surface area contributed by atoms with E-state index >= 15 is 0 Å². The maximum absolute atomic E-state index is 12.2. The van der Waals surface area contributed by atoms with E-state index in [2.05, 4.69) is 32.0 Å². The van der Waals surface area contributed by atoms with E-state index in [9.17, 15) is 4.79 Å². The monoisotopic (exact) mass is 457 g/mol. The van der Waals surface area contributed by atoms with E-state index in [0.717, 1.165) is 22.8 Å². The summed E-state index contributed by atoms with van der Waals surface area (Å²) in [6, 6.07) is 3.35. The Morgan fingerprint density at radius 3 is 2.75 bits per heavy atom. The molecule has 0 bridgehead atoms. The molecular weight excluding hydrogens is 440 g/mol. The second-order valence-electron chi connectivity index (χ2n) is 5.51. The highest BCUT2D eigenvalue weighted by Gasteiger charge is 2.18. The number of rotatable bonds is 4. The van der Waals surface area contributed by atoms with E-state index in [-0.39, 0.29) is 11.2 Å². The number of nitrogens with zero attached hydrogens (tertiary/aromatic N) is 6. The number of nitrogen functional groups attached to an aromatic ring is 1. The lowest BCUT2D eigenvalue weighted by molar-refractivity contribution is 0.721. The number of aryl methyl sites for hydroxylation is 1. The average Bonchev–Trinajstić information content (AvgIpc) is 2.87. The van der Waals surface area contributed by atoms with Crippen molar-refractivity contribution in [2.75, 3.05) is 24.7 Å². The molecule has 0 spiro atoms. The first-order valence-electron chi connectivity index (χ1n) is 7.17. The van der Waals surface area contributed by atoms with Gasteiger partial charge in [0.1, 0.15) is 11.6 Å². The van der Waals surface area contributed by atoms with Gasteiger partial charge in [0.15, 0.2) is 17.0 Å². The molecule has 3 rings (SSSR count). The summed E-state index contributed by atoms with van der Waals surface area (Å²) >= 11 is 2.29. The van der Waals surface area contributed by atoms with E-state index in [0.29, 0.717) is 18.7 Å². The molecule has 0 aliphatic rings. The Labute approximate surface area is 153 Å². The molecule has 10 heteroatoms. The minimum atomic E-state index is -0.219. The maximum atomic E-state index is 12.2. The minimum absolute atomic E-state index is 0.219. The number of imidazole rings is 1. The van der Waals surface area contributed by atoms with Crippen LogP contribution in [0.15, 0.2) is 23.1 Å². The van der Waals surface area contributed by atoms with E-state index < -0.39 is 0 Å². The highest BCUT2D eigenvalue weighted by molar-refractivity contribution is 14.2. The molecule has 2 N–H and O–H groups in total. The molecule has 0 radical (unpaired) electrons. The van der Waals surface area contributed by atoms with Crippen molar-refractivity contribution in [1.82, 2.24) is 23.9 Å². The SMILES string of the molecule is Cc1nc(N(C)C)c2nc(Cn3cccc(N)c3=O)n(PI)c2n1. The van der Waals surface area contributed by atoms with Gasteiger partial charge in [-0.25, -0.2) is 15.0 Å². The topological polar surface area (TPSA) is 94.9 Å². The molecule has 8 nitrogen and oxygen atoms in total. The fraction of sp³-hybridized carbons (Fsp3) is 0.286. The quantitative estimate of drug-likeness (QED) is 0.475. The van der Waals surface area contributed by atoms with Crippen LogP contribution in [0.2, 0.25) is 0 Å². The van der Waals surface area contributed by atoms with Gasteiger partial charge in [-0.1, -0.05) is 0 Å². The van der Waals surface area contributed by atoms with Gasteiger partial charge < -0.3 is 15.2 Å². The average molecular weight is 457 g/mol. The molecule has 0 aliphatic carbocycles. The van der Waals surface area contributed by atoms with Crippen molar-refractivity contribution in [1.29, 1.82) is 0 Å². The first-order chi connectivity index (χ1) is 11.4. The zero-order valence-corrected chi connectivity index (χ0v) is 16.6. The Kier molecular flexibility index (Phi) is 4.73. The number of nitrogens with two attached hydrogens (primary N) is 1. The Hall–Kier alpha value is -1.74. The molecule has 1 atom stereocenters. The van der Waals surface area contributed by atoms with Gasteiger partial charge in [-0.15, -0.1) is 0 Å². The third kappa shape index (κ3) is 2.98. The predicted octanol–water partition coefficient (Wildman–Crippen LogP) is 1.78. The lowest BCUT2D eigenvalue weighted by Crippen LogP contribution is -2.23. The van der Waals surface area contributed by atoms with E-state index in [1.54, 1.807) is 22.9 Å². The van der Waals surface area contributed by atoms with Gasteiger partial charge in [0.25, 0.3) is 5.56 Å². The summed E-state index contributed by atoms with van der Waals surface area (Å²) in [6.07, 6.45) is 2.12. The molecule has 0 amide bonds. The van der Waals surface area contributed by atoms with Crippen LogP contribution in [0.3, 0.4) is 0 Å². The predicted molar refractivity (Wildman–Crippen MR) is 106 cm³/mol. The van der Waals surface area contributed by atoms with Crippen LogP contribution in [-0.2, 0) is 6.54 Å². The normalized spacial score (nSPS) is 11.7. The van der Waals surface area contributed by atoms with Crippen molar-refractivity contribution in [3.05, 3.63) is 40.3 Å². The Balaban J connectivity index is 2.20. The van der Waals surface area contributed by atoms with Crippen LogP contribution in [-0.4, -0.2) is 38.0 Å². The summed E-state index contributed by atoms with van der Waals surface area (Å²) in [5.74, 6) is 2.22. The van der Waals surface area contributed by atoms with Gasteiger partial charge in [-0.2, -0.15) is 0 Å². The molecule has 0 aliphatic heterocycles. The first-order valence-corrected chi connectivity index (χ1v) is 11.2. The minimum Gasteiger partial charge on any atom is -0.394 e. The molecule has 3 aromatic heterocycles. The molecule has 3 aromatic rings. The molecule has 126 valence electrons. The number of hydrogen-bond donors (Lipinski definition) is 1. The Morgan fingerprint density at radius 2 is 2.08 bits per heavy atom. The number of hydrogen-bond acceptors (Lipinski definition) is 6. The highest BCUT2D eigenvalue weighted by atomic mass is 127. The first kappa shape index (κ1) is 17.1. The fourth-order valence-electron chi connectivity index (χ4n) is 2.43. The number of halogens is 1. The van der Waals surface area contributed by atoms with Crippen LogP contribution in [0.5, 0.6) is 0 Å². The maximum Gasteiger partial charge on any atom is 0.274 e. The highest BCUT2D eigenvalue weighted by Crippen LogP contribution is 2.33. The Bertz CT molecular complexity index is 966. The third-order valence-corrected chi connectivity index (χ3v) is 5.63. The van der Waals surface area contributed by atoms with Gasteiger partial charge in [0.05, 0.1) is 18.6 Å². The zero-order chi connectivity index (χ0) is 17.4. The second-order valence-corrected chi connectivity index (χ2v) is 7.57. The number of pyridine rings is 1. The van der Waals surface area contributed by atoms with Crippen molar-refractivity contribution < 1.29 is 0 Å².